The van der Waals surface area contributed by atoms with Crippen LogP contribution in [-0.4, -0.2) is 47.4 Å². The fourth-order valence-corrected chi connectivity index (χ4v) is 11.6. The van der Waals surface area contributed by atoms with Gasteiger partial charge in [-0.2, -0.15) is 0 Å². The van der Waals surface area contributed by atoms with Crippen LogP contribution in [0.2, 0.25) is 0 Å². The van der Waals surface area contributed by atoms with E-state index in [0.29, 0.717) is 25.9 Å². The number of nitrogens with one attached hydrogen (secondary N) is 1. The number of hydrogen-bond donors (Lipinski definition) is 3. The van der Waals surface area contributed by atoms with E-state index in [2.05, 4.69) is 31.3 Å². The summed E-state index contributed by atoms with van der Waals surface area (Å²) in [6.07, 6.45) is 84.1. The summed E-state index contributed by atoms with van der Waals surface area (Å²) in [4.78, 5) is 24.6. The third-order valence-corrected chi connectivity index (χ3v) is 17.1. The Balaban J connectivity index is 3.36. The Labute approximate surface area is 489 Å². The van der Waals surface area contributed by atoms with Gasteiger partial charge in [0.25, 0.3) is 0 Å². The number of hydrogen-bond acceptors (Lipinski definition) is 5. The third-order valence-electron chi connectivity index (χ3n) is 17.1. The van der Waals surface area contributed by atoms with Crippen LogP contribution in [-0.2, 0) is 14.3 Å². The van der Waals surface area contributed by atoms with Gasteiger partial charge in [0.05, 0.1) is 25.4 Å². The number of rotatable bonds is 68. The van der Waals surface area contributed by atoms with Crippen molar-refractivity contribution in [3.8, 4) is 0 Å². The van der Waals surface area contributed by atoms with Crippen LogP contribution in [0.25, 0.3) is 0 Å². The van der Waals surface area contributed by atoms with Crippen LogP contribution in [0, 0.1) is 0 Å². The van der Waals surface area contributed by atoms with Crippen molar-refractivity contribution in [2.24, 2.45) is 0 Å². The zero-order valence-electron chi connectivity index (χ0n) is 53.2. The Bertz CT molecular complexity index is 1180. The Kier molecular flexibility index (Phi) is 66.9. The molecule has 464 valence electrons. The molecule has 0 rings (SSSR count). The summed E-state index contributed by atoms with van der Waals surface area (Å²) in [6, 6.07) is -0.541. The molecule has 0 saturated carbocycles. The van der Waals surface area contributed by atoms with Crippen molar-refractivity contribution in [1.29, 1.82) is 0 Å². The number of amides is 1. The lowest BCUT2D eigenvalue weighted by Gasteiger charge is -2.22. The average Bonchev–Trinajstić information content (AvgIpc) is 3.44. The van der Waals surface area contributed by atoms with E-state index < -0.39 is 12.1 Å². The molecule has 6 nitrogen and oxygen atoms in total. The highest BCUT2D eigenvalue weighted by Gasteiger charge is 2.20. The van der Waals surface area contributed by atoms with E-state index in [1.165, 1.54) is 334 Å². The van der Waals surface area contributed by atoms with Crippen LogP contribution < -0.4 is 5.32 Å². The van der Waals surface area contributed by atoms with E-state index in [9.17, 15) is 19.8 Å². The number of aliphatic hydroxyl groups excluding tert-OH is 2. The van der Waals surface area contributed by atoms with Crippen molar-refractivity contribution in [3.05, 3.63) is 12.2 Å². The smallest absolute Gasteiger partial charge is 0.305 e. The maximum atomic E-state index is 12.6. The van der Waals surface area contributed by atoms with Gasteiger partial charge in [-0.05, 0) is 51.4 Å². The van der Waals surface area contributed by atoms with E-state index >= 15 is 0 Å². The average molecular weight is 1100 g/mol. The first-order valence-corrected chi connectivity index (χ1v) is 35.9. The largest absolute Gasteiger partial charge is 0.466 e. The first-order chi connectivity index (χ1) is 38.5. The molecular weight excluding hydrogens is 959 g/mol. The molecule has 0 heterocycles. The van der Waals surface area contributed by atoms with Crippen molar-refractivity contribution in [1.82, 2.24) is 5.32 Å². The van der Waals surface area contributed by atoms with Crippen molar-refractivity contribution >= 4 is 11.9 Å². The Morgan fingerprint density at radius 2 is 0.603 bits per heavy atom. The maximum Gasteiger partial charge on any atom is 0.305 e. The molecule has 0 radical (unpaired) electrons. The molecule has 3 N–H and O–H groups in total. The number of carbonyl (C=O) groups is 2. The van der Waals surface area contributed by atoms with Gasteiger partial charge in [0.1, 0.15) is 0 Å². The molecule has 78 heavy (non-hydrogen) atoms. The molecule has 0 fully saturated rings. The van der Waals surface area contributed by atoms with E-state index in [4.69, 9.17) is 4.74 Å². The molecule has 0 aromatic heterocycles. The van der Waals surface area contributed by atoms with Gasteiger partial charge in [-0.25, -0.2) is 0 Å². The van der Waals surface area contributed by atoms with Crippen molar-refractivity contribution in [3.63, 3.8) is 0 Å². The summed E-state index contributed by atoms with van der Waals surface area (Å²) in [5, 5.41) is 23.4. The predicted molar refractivity (Wildman–Crippen MR) is 343 cm³/mol. The van der Waals surface area contributed by atoms with Gasteiger partial charge in [0.15, 0.2) is 0 Å². The van der Waals surface area contributed by atoms with Crippen molar-refractivity contribution in [2.75, 3.05) is 13.2 Å². The second-order valence-electron chi connectivity index (χ2n) is 24.9. The van der Waals surface area contributed by atoms with Crippen LogP contribution in [0.3, 0.4) is 0 Å². The molecule has 0 aromatic carbocycles. The highest BCUT2D eigenvalue weighted by atomic mass is 16.5. The van der Waals surface area contributed by atoms with Crippen LogP contribution in [0.15, 0.2) is 12.2 Å². The minimum Gasteiger partial charge on any atom is -0.466 e. The minimum absolute atomic E-state index is 0.00829. The van der Waals surface area contributed by atoms with E-state index in [1.54, 1.807) is 0 Å². The summed E-state index contributed by atoms with van der Waals surface area (Å²) in [5.41, 5.74) is 0. The summed E-state index contributed by atoms with van der Waals surface area (Å²) < 4.78 is 5.48. The zero-order valence-corrected chi connectivity index (χ0v) is 53.2. The summed E-state index contributed by atoms with van der Waals surface area (Å²) in [7, 11) is 0. The van der Waals surface area contributed by atoms with E-state index in [1.807, 2.05) is 0 Å². The number of esters is 1. The van der Waals surface area contributed by atoms with Gasteiger partial charge < -0.3 is 20.3 Å². The summed E-state index contributed by atoms with van der Waals surface area (Å²) >= 11 is 0. The Morgan fingerprint density at radius 3 is 0.923 bits per heavy atom. The van der Waals surface area contributed by atoms with Gasteiger partial charge in [0.2, 0.25) is 5.91 Å². The highest BCUT2D eigenvalue weighted by Crippen LogP contribution is 2.19. The topological polar surface area (TPSA) is 95.9 Å². The molecular formula is C72H141NO5. The monoisotopic (exact) mass is 1100 g/mol. The number of unbranched alkanes of at least 4 members (excludes halogenated alkanes) is 55. The van der Waals surface area contributed by atoms with Gasteiger partial charge in [0, 0.05) is 12.8 Å². The quantitative estimate of drug-likeness (QED) is 0.0320. The van der Waals surface area contributed by atoms with E-state index in [0.717, 1.165) is 44.9 Å². The molecule has 0 aliphatic heterocycles. The lowest BCUT2D eigenvalue weighted by Crippen LogP contribution is -2.45. The predicted octanol–water partition coefficient (Wildman–Crippen LogP) is 23.1. The third kappa shape index (κ3) is 63.8. The Hall–Kier alpha value is -1.40. The molecule has 0 saturated heterocycles. The number of allylic oxidation sites excluding steroid dienone is 2. The molecule has 2 unspecified atom stereocenters. The number of ether oxygens (including phenoxy) is 1. The molecule has 0 aliphatic rings. The van der Waals surface area contributed by atoms with Crippen molar-refractivity contribution < 1.29 is 24.5 Å². The van der Waals surface area contributed by atoms with Crippen LogP contribution in [0.5, 0.6) is 0 Å². The van der Waals surface area contributed by atoms with Gasteiger partial charge >= 0.3 is 5.97 Å². The zero-order chi connectivity index (χ0) is 56.4. The molecule has 0 aromatic rings. The highest BCUT2D eigenvalue weighted by molar-refractivity contribution is 5.76. The van der Waals surface area contributed by atoms with Crippen LogP contribution >= 0.6 is 0 Å². The van der Waals surface area contributed by atoms with Gasteiger partial charge in [-0.3, -0.25) is 9.59 Å². The van der Waals surface area contributed by atoms with Crippen LogP contribution in [0.4, 0.5) is 0 Å². The van der Waals surface area contributed by atoms with Crippen LogP contribution in [0.1, 0.15) is 412 Å². The molecule has 0 aliphatic carbocycles. The lowest BCUT2D eigenvalue weighted by molar-refractivity contribution is -0.143. The maximum absolute atomic E-state index is 12.6. The normalized spacial score (nSPS) is 12.5. The van der Waals surface area contributed by atoms with Gasteiger partial charge in [-0.15, -0.1) is 0 Å². The van der Waals surface area contributed by atoms with E-state index in [-0.39, 0.29) is 18.5 Å². The molecule has 0 bridgehead atoms. The second-order valence-corrected chi connectivity index (χ2v) is 24.9. The summed E-state index contributed by atoms with van der Waals surface area (Å²) in [5.74, 6) is -0.0197. The second kappa shape index (κ2) is 68.1. The fraction of sp³-hybridized carbons (Fsp3) is 0.944. The molecule has 6 heteroatoms. The summed E-state index contributed by atoms with van der Waals surface area (Å²) in [6.45, 7) is 4.98. The minimum atomic E-state index is -0.664. The van der Waals surface area contributed by atoms with Crippen molar-refractivity contribution in [2.45, 2.75) is 424 Å². The number of carbonyl (C=O) groups excluding carboxylic acids is 2. The fourth-order valence-electron chi connectivity index (χ4n) is 11.6. The first-order valence-electron chi connectivity index (χ1n) is 35.9. The van der Waals surface area contributed by atoms with Gasteiger partial charge in [-0.1, -0.05) is 360 Å². The number of aliphatic hydroxyl groups is 2. The molecule has 2 atom stereocenters. The Morgan fingerprint density at radius 1 is 0.346 bits per heavy atom. The standard InChI is InChI=1S/C72H141NO5/c1-3-5-7-9-11-13-15-17-18-19-20-21-25-28-31-34-37-41-44-48-52-56-60-64-70(75)69(68-74)73-71(76)65-61-57-53-49-45-42-38-35-32-29-26-23-22-24-27-30-33-36-39-43-47-51-55-59-63-67-78-72(77)66-62-58-54-50-46-40-16-14-12-10-8-6-4-2/h14,16,69-70,74-75H,3-13,15,17-68H2,1-2H3,(H,73,76)/b16-14-. The first kappa shape index (κ1) is 76.6. The lowest BCUT2D eigenvalue weighted by atomic mass is 10.0. The molecule has 1 amide bonds. The molecule has 0 spiro atoms. The SMILES string of the molecule is CCCCCC/C=C\CCCCCCCC(=O)OCCCCCCCCCCCCCCCCCCCCCCCCCCCC(=O)NC(CO)C(O)CCCCCCCCCCCCCCCCCCCCCCCCC.